The van der Waals surface area contributed by atoms with Gasteiger partial charge in [-0.2, -0.15) is 13.2 Å². The van der Waals surface area contributed by atoms with Gasteiger partial charge in [-0.1, -0.05) is 6.92 Å². The van der Waals surface area contributed by atoms with E-state index in [-0.39, 0.29) is 11.3 Å². The van der Waals surface area contributed by atoms with Crippen LogP contribution in [0.4, 0.5) is 18.0 Å². The molecule has 0 saturated heterocycles. The fourth-order valence-electron chi connectivity index (χ4n) is 2.13. The van der Waals surface area contributed by atoms with E-state index in [0.29, 0.717) is 6.42 Å². The number of hydrogen-bond acceptors (Lipinski definition) is 5. The molecule has 0 fully saturated rings. The van der Waals surface area contributed by atoms with E-state index in [2.05, 4.69) is 0 Å². The van der Waals surface area contributed by atoms with Gasteiger partial charge in [-0.3, -0.25) is 10.1 Å². The average Bonchev–Trinajstić information content (AvgIpc) is 2.56. The molecule has 2 rings (SSSR count). The number of alkyl halides is 3. The Kier molecular flexibility index (Phi) is 5.86. The summed E-state index contributed by atoms with van der Waals surface area (Å²) in [5, 5.41) is 3.91. The van der Waals surface area contributed by atoms with Gasteiger partial charge >= 0.3 is 17.8 Å². The van der Waals surface area contributed by atoms with E-state index in [4.69, 9.17) is 9.15 Å². The van der Waals surface area contributed by atoms with Crippen molar-refractivity contribution in [1.82, 2.24) is 10.6 Å². The molecule has 1 aromatic heterocycles. The molecule has 0 aliphatic heterocycles. The molecule has 0 unspecified atom stereocenters. The third kappa shape index (κ3) is 5.50. The van der Waals surface area contributed by atoms with Crippen LogP contribution in [0.5, 0.6) is 5.75 Å². The number of carbonyl (C=O) groups excluding carboxylic acids is 2. The minimum absolute atomic E-state index is 0.194. The molecule has 0 bridgehead atoms. The minimum Gasteiger partial charge on any atom is -0.484 e. The van der Waals surface area contributed by atoms with Gasteiger partial charge in [-0.15, -0.1) is 0 Å². The zero-order valence-corrected chi connectivity index (χ0v) is 13.6. The second-order valence-corrected chi connectivity index (χ2v) is 5.24. The second-order valence-electron chi connectivity index (χ2n) is 5.24. The Bertz CT molecular complexity index is 876. The second kappa shape index (κ2) is 7.89. The van der Waals surface area contributed by atoms with Gasteiger partial charge in [-0.25, -0.2) is 9.59 Å². The summed E-state index contributed by atoms with van der Waals surface area (Å²) in [6.45, 7) is -0.286. The predicted molar refractivity (Wildman–Crippen MR) is 85.0 cm³/mol. The molecule has 0 radical (unpaired) electrons. The Hall–Kier alpha value is -3.04. The van der Waals surface area contributed by atoms with E-state index in [0.717, 1.165) is 10.9 Å². The van der Waals surface area contributed by atoms with Crippen LogP contribution in [0.25, 0.3) is 11.0 Å². The maximum Gasteiger partial charge on any atom is 0.405 e. The highest BCUT2D eigenvalue weighted by atomic mass is 19.4. The molecule has 0 aliphatic rings. The first-order valence-corrected chi connectivity index (χ1v) is 7.52. The van der Waals surface area contributed by atoms with E-state index in [1.165, 1.54) is 17.4 Å². The van der Waals surface area contributed by atoms with Gasteiger partial charge < -0.3 is 14.5 Å². The quantitative estimate of drug-likeness (QED) is 0.784. The van der Waals surface area contributed by atoms with Crippen molar-refractivity contribution in [2.45, 2.75) is 19.5 Å². The van der Waals surface area contributed by atoms with E-state index in [1.807, 2.05) is 6.92 Å². The first-order chi connectivity index (χ1) is 12.2. The van der Waals surface area contributed by atoms with E-state index < -0.39 is 36.9 Å². The molecule has 1 heterocycles. The maximum atomic E-state index is 11.9. The normalized spacial score (nSPS) is 11.2. The number of amides is 3. The number of rotatable bonds is 5. The highest BCUT2D eigenvalue weighted by Gasteiger charge is 2.28. The van der Waals surface area contributed by atoms with Crippen molar-refractivity contribution in [3.8, 4) is 5.75 Å². The van der Waals surface area contributed by atoms with Gasteiger partial charge in [0.05, 0.1) is 0 Å². The lowest BCUT2D eigenvalue weighted by Gasteiger charge is -2.10. The van der Waals surface area contributed by atoms with E-state index in [1.54, 1.807) is 17.4 Å². The fraction of sp³-hybridized carbons (Fsp3) is 0.312. The molecular formula is C16H15F3N2O5. The SMILES string of the molecule is CCc1cc(=O)oc2cc(OCC(=O)NC(=O)NCC(F)(F)F)ccc12. The smallest absolute Gasteiger partial charge is 0.405 e. The molecule has 1 aromatic carbocycles. The molecule has 140 valence electrons. The van der Waals surface area contributed by atoms with Gasteiger partial charge in [0.2, 0.25) is 0 Å². The molecule has 2 aromatic rings. The molecular weight excluding hydrogens is 357 g/mol. The van der Waals surface area contributed by atoms with Crippen LogP contribution < -0.4 is 21.0 Å². The Morgan fingerprint density at radius 3 is 2.62 bits per heavy atom. The molecule has 7 nitrogen and oxygen atoms in total. The lowest BCUT2D eigenvalue weighted by atomic mass is 10.1. The summed E-state index contributed by atoms with van der Waals surface area (Å²) >= 11 is 0. The molecule has 0 aliphatic carbocycles. The van der Waals surface area contributed by atoms with Crippen molar-refractivity contribution < 1.29 is 31.9 Å². The van der Waals surface area contributed by atoms with Crippen LogP contribution >= 0.6 is 0 Å². The standard InChI is InChI=1S/C16H15F3N2O5/c1-2-9-5-14(23)26-12-6-10(3-4-11(9)12)25-7-13(22)21-15(24)20-8-16(17,18)19/h3-6H,2,7-8H2,1H3,(H2,20,21,22,24). The molecule has 0 saturated carbocycles. The van der Waals surface area contributed by atoms with Gasteiger partial charge in [0.1, 0.15) is 17.9 Å². The molecule has 10 heteroatoms. The third-order valence-electron chi connectivity index (χ3n) is 3.25. The summed E-state index contributed by atoms with van der Waals surface area (Å²) in [6, 6.07) is 4.70. The van der Waals surface area contributed by atoms with Crippen LogP contribution in [0, 0.1) is 0 Å². The fourth-order valence-corrected chi connectivity index (χ4v) is 2.13. The van der Waals surface area contributed by atoms with Crippen LogP contribution in [0.3, 0.4) is 0 Å². The molecule has 2 N–H and O–H groups in total. The largest absolute Gasteiger partial charge is 0.484 e. The van der Waals surface area contributed by atoms with E-state index in [9.17, 15) is 27.6 Å². The molecule has 26 heavy (non-hydrogen) atoms. The molecule has 3 amide bonds. The summed E-state index contributed by atoms with van der Waals surface area (Å²) in [5.74, 6) is -0.742. The van der Waals surface area contributed by atoms with E-state index >= 15 is 0 Å². The van der Waals surface area contributed by atoms with Crippen molar-refractivity contribution in [1.29, 1.82) is 0 Å². The molecule has 0 spiro atoms. The topological polar surface area (TPSA) is 97.6 Å². The van der Waals surface area contributed by atoms with Gasteiger partial charge in [0.25, 0.3) is 5.91 Å². The predicted octanol–water partition coefficient (Wildman–Crippen LogP) is 2.12. The van der Waals surface area contributed by atoms with Gasteiger partial charge in [-0.05, 0) is 24.1 Å². The number of carbonyl (C=O) groups is 2. The van der Waals surface area contributed by atoms with Crippen molar-refractivity contribution in [3.05, 3.63) is 40.2 Å². The van der Waals surface area contributed by atoms with Crippen LogP contribution in [-0.4, -0.2) is 31.3 Å². The third-order valence-corrected chi connectivity index (χ3v) is 3.25. The summed E-state index contributed by atoms with van der Waals surface area (Å²) < 4.78 is 46.1. The Labute approximate surface area is 145 Å². The van der Waals surface area contributed by atoms with Crippen molar-refractivity contribution in [2.24, 2.45) is 0 Å². The number of fused-ring (bicyclic) bond motifs is 1. The van der Waals surface area contributed by atoms with Crippen molar-refractivity contribution in [2.75, 3.05) is 13.2 Å². The number of ether oxygens (including phenoxy) is 1. The number of aryl methyl sites for hydroxylation is 1. The lowest BCUT2D eigenvalue weighted by Crippen LogP contribution is -2.44. The van der Waals surface area contributed by atoms with Crippen LogP contribution in [0.1, 0.15) is 12.5 Å². The van der Waals surface area contributed by atoms with Crippen molar-refractivity contribution in [3.63, 3.8) is 0 Å². The highest BCUT2D eigenvalue weighted by Crippen LogP contribution is 2.23. The van der Waals surface area contributed by atoms with Crippen LogP contribution in [-0.2, 0) is 11.2 Å². The van der Waals surface area contributed by atoms with Crippen LogP contribution in [0.2, 0.25) is 0 Å². The maximum absolute atomic E-state index is 11.9. The molecule has 0 atom stereocenters. The Morgan fingerprint density at radius 1 is 1.23 bits per heavy atom. The summed E-state index contributed by atoms with van der Waals surface area (Å²) in [4.78, 5) is 34.2. The number of halogens is 3. The minimum atomic E-state index is -4.58. The summed E-state index contributed by atoms with van der Waals surface area (Å²) in [6.07, 6.45) is -3.96. The number of nitrogens with one attached hydrogen (secondary N) is 2. The average molecular weight is 372 g/mol. The number of benzene rings is 1. The van der Waals surface area contributed by atoms with Crippen molar-refractivity contribution >= 4 is 22.9 Å². The number of imide groups is 1. The highest BCUT2D eigenvalue weighted by molar-refractivity contribution is 5.95. The zero-order valence-electron chi connectivity index (χ0n) is 13.6. The monoisotopic (exact) mass is 372 g/mol. The number of hydrogen-bond donors (Lipinski definition) is 2. The first kappa shape index (κ1) is 19.3. The van der Waals surface area contributed by atoms with Gasteiger partial charge in [0.15, 0.2) is 6.61 Å². The van der Waals surface area contributed by atoms with Crippen LogP contribution in [0.15, 0.2) is 33.5 Å². The number of urea groups is 1. The lowest BCUT2D eigenvalue weighted by molar-refractivity contribution is -0.125. The summed E-state index contributed by atoms with van der Waals surface area (Å²) in [7, 11) is 0. The zero-order chi connectivity index (χ0) is 19.3. The summed E-state index contributed by atoms with van der Waals surface area (Å²) in [5.41, 5.74) is 0.544. The first-order valence-electron chi connectivity index (χ1n) is 7.52. The van der Waals surface area contributed by atoms with Gasteiger partial charge in [0, 0.05) is 17.5 Å². The Balaban J connectivity index is 1.96. The Morgan fingerprint density at radius 2 is 1.96 bits per heavy atom.